The average molecular weight is 308 g/mol. The minimum absolute atomic E-state index is 0.186. The molecule has 1 aromatic rings. The quantitative estimate of drug-likeness (QED) is 0.837. The van der Waals surface area contributed by atoms with E-state index in [2.05, 4.69) is 6.07 Å². The van der Waals surface area contributed by atoms with Crippen molar-refractivity contribution < 1.29 is 9.53 Å². The van der Waals surface area contributed by atoms with Gasteiger partial charge < -0.3 is 14.5 Å². The monoisotopic (exact) mass is 307 g/mol. The lowest BCUT2D eigenvalue weighted by Gasteiger charge is -2.21. The van der Waals surface area contributed by atoms with Gasteiger partial charge in [-0.2, -0.15) is 5.26 Å². The van der Waals surface area contributed by atoms with Gasteiger partial charge in [-0.05, 0) is 39.2 Å². The van der Waals surface area contributed by atoms with E-state index in [9.17, 15) is 10.1 Å². The molecule has 5 nitrogen and oxygen atoms in total. The summed E-state index contributed by atoms with van der Waals surface area (Å²) >= 11 is 6.19. The highest BCUT2D eigenvalue weighted by Gasteiger charge is 2.40. The fourth-order valence-corrected chi connectivity index (χ4v) is 2.83. The van der Waals surface area contributed by atoms with Crippen LogP contribution in [0.15, 0.2) is 12.1 Å². The maximum absolute atomic E-state index is 12.6. The number of carbonyl (C=O) groups is 1. The molecule has 1 amide bonds. The van der Waals surface area contributed by atoms with Crippen LogP contribution in [0.4, 0.5) is 0 Å². The van der Waals surface area contributed by atoms with E-state index < -0.39 is 6.04 Å². The van der Waals surface area contributed by atoms with Crippen LogP contribution >= 0.6 is 11.6 Å². The van der Waals surface area contributed by atoms with Crippen molar-refractivity contribution in [1.82, 2.24) is 9.80 Å². The highest BCUT2D eigenvalue weighted by Crippen LogP contribution is 2.42. The number of amides is 1. The van der Waals surface area contributed by atoms with Gasteiger partial charge >= 0.3 is 0 Å². The number of nitriles is 1. The molecule has 6 heteroatoms. The Balaban J connectivity index is 2.34. The molecule has 1 aliphatic heterocycles. The van der Waals surface area contributed by atoms with Gasteiger partial charge in [-0.25, -0.2) is 0 Å². The number of benzene rings is 1. The van der Waals surface area contributed by atoms with Gasteiger partial charge in [0.05, 0.1) is 18.7 Å². The second kappa shape index (κ2) is 6.33. The average Bonchev–Trinajstić information content (AvgIpc) is 2.73. The highest BCUT2D eigenvalue weighted by atomic mass is 35.5. The van der Waals surface area contributed by atoms with Gasteiger partial charge in [-0.3, -0.25) is 4.79 Å². The molecule has 0 N–H and O–H groups in total. The number of rotatable bonds is 5. The van der Waals surface area contributed by atoms with Crippen LogP contribution in [0, 0.1) is 11.3 Å². The number of ether oxygens (including phenoxy) is 1. The Morgan fingerprint density at radius 1 is 1.48 bits per heavy atom. The van der Waals surface area contributed by atoms with Crippen molar-refractivity contribution in [2.75, 3.05) is 34.3 Å². The first-order valence-corrected chi connectivity index (χ1v) is 7.10. The largest absolute Gasteiger partial charge is 0.496 e. The molecule has 1 unspecified atom stereocenters. The molecule has 0 spiro atoms. The Hall–Kier alpha value is -1.77. The molecule has 2 rings (SSSR count). The van der Waals surface area contributed by atoms with Gasteiger partial charge in [0, 0.05) is 17.1 Å². The maximum atomic E-state index is 12.6. The fourth-order valence-electron chi connectivity index (χ4n) is 2.57. The zero-order chi connectivity index (χ0) is 15.6. The molecule has 1 atom stereocenters. The number of carbonyl (C=O) groups excluding carboxylic acids is 1. The first kappa shape index (κ1) is 15.6. The first-order chi connectivity index (χ1) is 10.0. The summed E-state index contributed by atoms with van der Waals surface area (Å²) in [6.45, 7) is 1.37. The third-order valence-corrected chi connectivity index (χ3v) is 3.89. The summed E-state index contributed by atoms with van der Waals surface area (Å²) < 4.78 is 5.24. The van der Waals surface area contributed by atoms with Gasteiger partial charge in [0.1, 0.15) is 11.8 Å². The van der Waals surface area contributed by atoms with Crippen LogP contribution in [0.1, 0.15) is 28.4 Å². The smallest absolute Gasteiger partial charge is 0.259 e. The maximum Gasteiger partial charge on any atom is 0.259 e. The molecule has 1 heterocycles. The lowest BCUT2D eigenvalue weighted by Crippen LogP contribution is -2.30. The molecule has 0 fully saturated rings. The zero-order valence-electron chi connectivity index (χ0n) is 12.4. The molecule has 0 aromatic heterocycles. The third kappa shape index (κ3) is 2.82. The Morgan fingerprint density at radius 2 is 2.19 bits per heavy atom. The summed E-state index contributed by atoms with van der Waals surface area (Å²) in [6.07, 6.45) is 0.796. The zero-order valence-corrected chi connectivity index (χ0v) is 13.1. The van der Waals surface area contributed by atoms with Crippen LogP contribution in [-0.2, 0) is 0 Å². The number of halogens is 1. The SMILES string of the molecule is COc1ccc(Cl)c2c1C(=O)N(CCCN(C)C)C2C#N. The topological polar surface area (TPSA) is 56.6 Å². The predicted octanol–water partition coefficient (Wildman–Crippen LogP) is 2.32. The van der Waals surface area contributed by atoms with E-state index in [1.165, 1.54) is 7.11 Å². The van der Waals surface area contributed by atoms with Crippen molar-refractivity contribution in [1.29, 1.82) is 5.26 Å². The van der Waals surface area contributed by atoms with Crippen molar-refractivity contribution in [2.45, 2.75) is 12.5 Å². The molecule has 0 saturated heterocycles. The summed E-state index contributed by atoms with van der Waals surface area (Å²) in [7, 11) is 5.46. The standard InChI is InChI=1S/C15H18ClN3O2/c1-18(2)7-4-8-19-11(9-17)13-10(16)5-6-12(21-3)14(13)15(19)20/h5-6,11H,4,7-8H2,1-3H3. The summed E-state index contributed by atoms with van der Waals surface area (Å²) in [4.78, 5) is 16.2. The lowest BCUT2D eigenvalue weighted by atomic mass is 10.0. The number of fused-ring (bicyclic) bond motifs is 1. The summed E-state index contributed by atoms with van der Waals surface area (Å²) in [5.74, 6) is 0.282. The van der Waals surface area contributed by atoms with Crippen molar-refractivity contribution in [3.8, 4) is 11.8 Å². The molecule has 1 aliphatic rings. The number of nitrogens with zero attached hydrogens (tertiary/aromatic N) is 3. The van der Waals surface area contributed by atoms with E-state index in [4.69, 9.17) is 16.3 Å². The highest BCUT2D eigenvalue weighted by molar-refractivity contribution is 6.32. The molecular formula is C15H18ClN3O2. The van der Waals surface area contributed by atoms with E-state index >= 15 is 0 Å². The van der Waals surface area contributed by atoms with Gasteiger partial charge in [-0.1, -0.05) is 11.6 Å². The molecule has 1 aromatic carbocycles. The predicted molar refractivity (Wildman–Crippen MR) is 80.6 cm³/mol. The van der Waals surface area contributed by atoms with Crippen molar-refractivity contribution in [2.24, 2.45) is 0 Å². The fraction of sp³-hybridized carbons (Fsp3) is 0.467. The Morgan fingerprint density at radius 3 is 2.76 bits per heavy atom. The van der Waals surface area contributed by atoms with Gasteiger partial charge in [0.2, 0.25) is 0 Å². The second-order valence-electron chi connectivity index (χ2n) is 5.23. The number of hydrogen-bond acceptors (Lipinski definition) is 4. The number of methoxy groups -OCH3 is 1. The Kier molecular flexibility index (Phi) is 4.71. The van der Waals surface area contributed by atoms with Crippen LogP contribution < -0.4 is 4.74 Å². The van der Waals surface area contributed by atoms with E-state index in [1.54, 1.807) is 17.0 Å². The third-order valence-electron chi connectivity index (χ3n) is 3.56. The summed E-state index contributed by atoms with van der Waals surface area (Å²) in [5, 5.41) is 9.88. The Bertz CT molecular complexity index is 595. The normalized spacial score (nSPS) is 17.0. The number of hydrogen-bond donors (Lipinski definition) is 0. The van der Waals surface area contributed by atoms with Crippen LogP contribution in [0.2, 0.25) is 5.02 Å². The van der Waals surface area contributed by atoms with Crippen LogP contribution in [-0.4, -0.2) is 50.0 Å². The van der Waals surface area contributed by atoms with Gasteiger partial charge in [0.25, 0.3) is 5.91 Å². The van der Waals surface area contributed by atoms with Crippen LogP contribution in [0.25, 0.3) is 0 Å². The molecule has 0 aliphatic carbocycles. The first-order valence-electron chi connectivity index (χ1n) is 6.73. The molecule has 21 heavy (non-hydrogen) atoms. The molecule has 112 valence electrons. The Labute approximate surface area is 129 Å². The van der Waals surface area contributed by atoms with Crippen LogP contribution in [0.5, 0.6) is 5.75 Å². The molecule has 0 bridgehead atoms. The molecule has 0 saturated carbocycles. The minimum atomic E-state index is -0.641. The van der Waals surface area contributed by atoms with Crippen molar-refractivity contribution in [3.05, 3.63) is 28.3 Å². The lowest BCUT2D eigenvalue weighted by molar-refractivity contribution is 0.0749. The van der Waals surface area contributed by atoms with Crippen molar-refractivity contribution >= 4 is 17.5 Å². The summed E-state index contributed by atoms with van der Waals surface area (Å²) in [6, 6.07) is 4.87. The van der Waals surface area contributed by atoms with E-state index in [-0.39, 0.29) is 5.91 Å². The van der Waals surface area contributed by atoms with E-state index in [1.807, 2.05) is 19.0 Å². The second-order valence-corrected chi connectivity index (χ2v) is 5.63. The van der Waals surface area contributed by atoms with E-state index in [0.717, 1.165) is 13.0 Å². The molecular weight excluding hydrogens is 290 g/mol. The minimum Gasteiger partial charge on any atom is -0.496 e. The molecule has 0 radical (unpaired) electrons. The van der Waals surface area contributed by atoms with Gasteiger partial charge in [0.15, 0.2) is 0 Å². The van der Waals surface area contributed by atoms with E-state index in [0.29, 0.717) is 28.4 Å². The summed E-state index contributed by atoms with van der Waals surface area (Å²) in [5.41, 5.74) is 0.981. The van der Waals surface area contributed by atoms with Gasteiger partial charge in [-0.15, -0.1) is 0 Å². The van der Waals surface area contributed by atoms with Crippen LogP contribution in [0.3, 0.4) is 0 Å². The van der Waals surface area contributed by atoms with Crippen molar-refractivity contribution in [3.63, 3.8) is 0 Å².